The molecule has 0 saturated carbocycles. The number of nitriles is 1. The number of nitrogens with one attached hydrogen (secondary N) is 2. The topological polar surface area (TPSA) is 128 Å². The number of likely N-dealkylation sites (tertiary alicyclic amines) is 1. The smallest absolute Gasteiger partial charge is 0.246 e. The van der Waals surface area contributed by atoms with Gasteiger partial charge in [0.05, 0.1) is 19.2 Å². The summed E-state index contributed by atoms with van der Waals surface area (Å²) in [6.07, 6.45) is 1.97. The van der Waals surface area contributed by atoms with Gasteiger partial charge in [-0.1, -0.05) is 5.16 Å². The Labute approximate surface area is 147 Å². The van der Waals surface area contributed by atoms with E-state index in [9.17, 15) is 13.2 Å². The van der Waals surface area contributed by atoms with Crippen LogP contribution in [0.2, 0.25) is 0 Å². The number of rotatable bonds is 7. The number of piperidine rings is 1. The third-order valence-corrected chi connectivity index (χ3v) is 5.79. The van der Waals surface area contributed by atoms with Crippen molar-refractivity contribution in [1.29, 1.82) is 5.26 Å². The SMILES string of the molecule is Cc1noc(C)c1S(=O)(=O)NCC(=O)NCC1CCCN(CC#N)C1. The first-order valence-electron chi connectivity index (χ1n) is 8.12. The Morgan fingerprint density at radius 2 is 2.24 bits per heavy atom. The Morgan fingerprint density at radius 1 is 1.48 bits per heavy atom. The van der Waals surface area contributed by atoms with Crippen molar-refractivity contribution in [3.8, 4) is 6.07 Å². The predicted octanol–water partition coefficient (Wildman–Crippen LogP) is -0.0785. The third kappa shape index (κ3) is 5.26. The normalized spacial score (nSPS) is 18.7. The van der Waals surface area contributed by atoms with Gasteiger partial charge in [-0.05, 0) is 39.2 Å². The van der Waals surface area contributed by atoms with Crippen molar-refractivity contribution >= 4 is 15.9 Å². The van der Waals surface area contributed by atoms with Crippen LogP contribution in [0.4, 0.5) is 0 Å². The Kier molecular flexibility index (Phi) is 6.52. The average molecular weight is 369 g/mol. The maximum absolute atomic E-state index is 12.2. The van der Waals surface area contributed by atoms with Crippen LogP contribution in [0.3, 0.4) is 0 Å². The molecule has 0 spiro atoms. The molecule has 0 aromatic carbocycles. The minimum atomic E-state index is -3.84. The minimum absolute atomic E-state index is 0.0280. The van der Waals surface area contributed by atoms with Crippen molar-refractivity contribution in [2.45, 2.75) is 31.6 Å². The van der Waals surface area contributed by atoms with Crippen molar-refractivity contribution in [3.63, 3.8) is 0 Å². The summed E-state index contributed by atoms with van der Waals surface area (Å²) in [4.78, 5) is 14.0. The van der Waals surface area contributed by atoms with Crippen molar-refractivity contribution in [3.05, 3.63) is 11.5 Å². The zero-order valence-corrected chi connectivity index (χ0v) is 15.2. The van der Waals surface area contributed by atoms with E-state index < -0.39 is 15.9 Å². The van der Waals surface area contributed by atoms with Gasteiger partial charge < -0.3 is 9.84 Å². The maximum Gasteiger partial charge on any atom is 0.246 e. The number of aryl methyl sites for hydroxylation is 2. The van der Waals surface area contributed by atoms with Gasteiger partial charge in [0.2, 0.25) is 15.9 Å². The molecular formula is C15H23N5O4S. The largest absolute Gasteiger partial charge is 0.360 e. The summed E-state index contributed by atoms with van der Waals surface area (Å²) in [6.45, 7) is 5.20. The summed E-state index contributed by atoms with van der Waals surface area (Å²) < 4.78 is 31.6. The summed E-state index contributed by atoms with van der Waals surface area (Å²) in [7, 11) is -3.84. The summed E-state index contributed by atoms with van der Waals surface area (Å²) in [5.74, 6) is 0.0585. The fraction of sp³-hybridized carbons (Fsp3) is 0.667. The number of amides is 1. The summed E-state index contributed by atoms with van der Waals surface area (Å²) in [5, 5.41) is 15.1. The van der Waals surface area contributed by atoms with Crippen molar-refractivity contribution in [1.82, 2.24) is 20.1 Å². The lowest BCUT2D eigenvalue weighted by molar-refractivity contribution is -0.120. The lowest BCUT2D eigenvalue weighted by atomic mass is 9.98. The number of hydrogen-bond donors (Lipinski definition) is 2. The Hall–Kier alpha value is -1.96. The van der Waals surface area contributed by atoms with Crippen molar-refractivity contribution in [2.24, 2.45) is 5.92 Å². The van der Waals surface area contributed by atoms with Crippen molar-refractivity contribution < 1.29 is 17.7 Å². The molecule has 1 aromatic heterocycles. The number of hydrogen-bond acceptors (Lipinski definition) is 7. The van der Waals surface area contributed by atoms with Gasteiger partial charge in [0.1, 0.15) is 10.6 Å². The first-order chi connectivity index (χ1) is 11.8. The molecule has 1 aliphatic rings. The molecule has 0 bridgehead atoms. The van der Waals surface area contributed by atoms with Crippen LogP contribution < -0.4 is 10.0 Å². The van der Waals surface area contributed by atoms with Crippen LogP contribution in [0.15, 0.2) is 9.42 Å². The quantitative estimate of drug-likeness (QED) is 0.643. The summed E-state index contributed by atoms with van der Waals surface area (Å²) in [6, 6.07) is 2.13. The predicted molar refractivity (Wildman–Crippen MR) is 89.0 cm³/mol. The standard InChI is InChI=1S/C15H23N5O4S/c1-11-15(12(2)24-19-11)25(22,23)18-9-14(21)17-8-13-4-3-6-20(10-13)7-5-16/h13,18H,3-4,6-10H2,1-2H3,(H,17,21). The van der Waals surface area contributed by atoms with Crippen LogP contribution in [0.5, 0.6) is 0 Å². The maximum atomic E-state index is 12.2. The highest BCUT2D eigenvalue weighted by molar-refractivity contribution is 7.89. The van der Waals surface area contributed by atoms with Crippen LogP contribution in [0.25, 0.3) is 0 Å². The van der Waals surface area contributed by atoms with E-state index in [1.807, 2.05) is 0 Å². The minimum Gasteiger partial charge on any atom is -0.360 e. The zero-order chi connectivity index (χ0) is 18.4. The molecule has 2 rings (SSSR count). The number of nitrogens with zero attached hydrogens (tertiary/aromatic N) is 3. The van der Waals surface area contributed by atoms with E-state index in [-0.39, 0.29) is 28.8 Å². The van der Waals surface area contributed by atoms with Crippen molar-refractivity contribution in [2.75, 3.05) is 32.7 Å². The first kappa shape index (κ1) is 19.4. The highest BCUT2D eigenvalue weighted by atomic mass is 32.2. The summed E-state index contributed by atoms with van der Waals surface area (Å²) in [5.41, 5.74) is 0.255. The fourth-order valence-electron chi connectivity index (χ4n) is 2.97. The highest BCUT2D eigenvalue weighted by Crippen LogP contribution is 2.18. The van der Waals surface area contributed by atoms with Crippen LogP contribution in [0.1, 0.15) is 24.3 Å². The monoisotopic (exact) mass is 369 g/mol. The van der Waals surface area contributed by atoms with Gasteiger partial charge in [-0.25, -0.2) is 13.1 Å². The van der Waals surface area contributed by atoms with Crippen LogP contribution in [-0.4, -0.2) is 57.1 Å². The second kappa shape index (κ2) is 8.42. The lowest BCUT2D eigenvalue weighted by Crippen LogP contribution is -2.43. The highest BCUT2D eigenvalue weighted by Gasteiger charge is 2.25. The van der Waals surface area contributed by atoms with E-state index >= 15 is 0 Å². The third-order valence-electron chi connectivity index (χ3n) is 4.14. The first-order valence-corrected chi connectivity index (χ1v) is 9.60. The Bertz CT molecular complexity index is 733. The molecular weight excluding hydrogens is 346 g/mol. The molecule has 1 aliphatic heterocycles. The van der Waals surface area contributed by atoms with Gasteiger partial charge in [0, 0.05) is 13.1 Å². The van der Waals surface area contributed by atoms with E-state index in [0.717, 1.165) is 25.9 Å². The molecule has 1 saturated heterocycles. The number of carbonyl (C=O) groups excluding carboxylic acids is 1. The molecule has 0 aliphatic carbocycles. The molecule has 25 heavy (non-hydrogen) atoms. The fourth-order valence-corrected chi connectivity index (χ4v) is 4.28. The Balaban J connectivity index is 1.80. The molecule has 1 fully saturated rings. The average Bonchev–Trinajstić information content (AvgIpc) is 2.91. The van der Waals surface area contributed by atoms with E-state index in [2.05, 4.69) is 26.2 Å². The van der Waals surface area contributed by atoms with Crippen LogP contribution >= 0.6 is 0 Å². The molecule has 0 radical (unpaired) electrons. The number of carbonyl (C=O) groups is 1. The van der Waals surface area contributed by atoms with Gasteiger partial charge in [0.25, 0.3) is 0 Å². The van der Waals surface area contributed by atoms with Gasteiger partial charge in [-0.15, -0.1) is 0 Å². The van der Waals surface area contributed by atoms with E-state index in [4.69, 9.17) is 9.78 Å². The molecule has 1 aromatic rings. The molecule has 1 atom stereocenters. The van der Waals surface area contributed by atoms with Crippen LogP contribution in [0, 0.1) is 31.1 Å². The molecule has 2 heterocycles. The lowest BCUT2D eigenvalue weighted by Gasteiger charge is -2.31. The van der Waals surface area contributed by atoms with Gasteiger partial charge in [-0.2, -0.15) is 5.26 Å². The molecule has 9 nitrogen and oxygen atoms in total. The second-order valence-electron chi connectivity index (χ2n) is 6.18. The van der Waals surface area contributed by atoms with Gasteiger partial charge >= 0.3 is 0 Å². The zero-order valence-electron chi connectivity index (χ0n) is 14.4. The second-order valence-corrected chi connectivity index (χ2v) is 7.89. The number of aromatic nitrogens is 1. The molecule has 1 amide bonds. The van der Waals surface area contributed by atoms with Crippen LogP contribution in [-0.2, 0) is 14.8 Å². The molecule has 1 unspecified atom stereocenters. The number of sulfonamides is 1. The van der Waals surface area contributed by atoms with E-state index in [1.165, 1.54) is 13.8 Å². The molecule has 10 heteroatoms. The van der Waals surface area contributed by atoms with Gasteiger partial charge in [-0.3, -0.25) is 9.69 Å². The molecule has 138 valence electrons. The van der Waals surface area contributed by atoms with E-state index in [1.54, 1.807) is 0 Å². The summed E-state index contributed by atoms with van der Waals surface area (Å²) >= 11 is 0. The van der Waals surface area contributed by atoms with E-state index in [0.29, 0.717) is 13.1 Å². The van der Waals surface area contributed by atoms with Gasteiger partial charge in [0.15, 0.2) is 5.76 Å². The molecule has 2 N–H and O–H groups in total. The Morgan fingerprint density at radius 3 is 2.88 bits per heavy atom.